The van der Waals surface area contributed by atoms with Crippen LogP contribution in [0.15, 0.2) is 56.3 Å². The molecule has 3 rings (SSSR count). The van der Waals surface area contributed by atoms with Gasteiger partial charge in [0.25, 0.3) is 0 Å². The highest BCUT2D eigenvalue weighted by atomic mass is 79.9. The number of rotatable bonds is 6. The van der Waals surface area contributed by atoms with Gasteiger partial charge in [0.1, 0.15) is 5.82 Å². The van der Waals surface area contributed by atoms with Gasteiger partial charge in [-0.2, -0.15) is 5.26 Å². The lowest BCUT2D eigenvalue weighted by atomic mass is 10.2. The third-order valence-corrected chi connectivity index (χ3v) is 7.64. The Balaban J connectivity index is 1.59. The zero-order valence-corrected chi connectivity index (χ0v) is 20.0. The number of carbonyl (C=O) groups excluding carboxylic acids is 1. The molecule has 31 heavy (non-hydrogen) atoms. The van der Waals surface area contributed by atoms with E-state index in [0.29, 0.717) is 21.1 Å². The van der Waals surface area contributed by atoms with Crippen molar-refractivity contribution in [3.63, 3.8) is 0 Å². The first-order chi connectivity index (χ1) is 14.7. The van der Waals surface area contributed by atoms with Crippen LogP contribution in [0.3, 0.4) is 0 Å². The van der Waals surface area contributed by atoms with Crippen molar-refractivity contribution in [2.45, 2.75) is 23.4 Å². The van der Waals surface area contributed by atoms with Gasteiger partial charge >= 0.3 is 6.03 Å². The fraction of sp³-hybridized carbons (Fsp3) is 0.263. The Morgan fingerprint density at radius 2 is 2.03 bits per heavy atom. The molecule has 0 aromatic heterocycles. The summed E-state index contributed by atoms with van der Waals surface area (Å²) >= 11 is 6.51. The Labute approximate surface area is 196 Å². The normalized spacial score (nSPS) is 18.5. The first kappa shape index (κ1) is 23.5. The zero-order valence-electron chi connectivity index (χ0n) is 16.0. The molecular formula is C19H18Br2FN5O3S. The molecule has 2 aromatic rings. The van der Waals surface area contributed by atoms with Crippen LogP contribution in [0.2, 0.25) is 0 Å². The number of nitrogens with one attached hydrogen (secondary N) is 3. The number of amides is 2. The van der Waals surface area contributed by atoms with Crippen molar-refractivity contribution in [3.8, 4) is 6.19 Å². The van der Waals surface area contributed by atoms with E-state index < -0.39 is 27.9 Å². The van der Waals surface area contributed by atoms with Gasteiger partial charge in [-0.15, -0.1) is 0 Å². The Kier molecular flexibility index (Phi) is 7.53. The van der Waals surface area contributed by atoms with Gasteiger partial charge in [-0.25, -0.2) is 22.3 Å². The van der Waals surface area contributed by atoms with E-state index in [9.17, 15) is 22.9 Å². The molecule has 0 bridgehead atoms. The van der Waals surface area contributed by atoms with Gasteiger partial charge in [0.05, 0.1) is 10.9 Å². The van der Waals surface area contributed by atoms with Crippen molar-refractivity contribution in [2.24, 2.45) is 0 Å². The molecule has 3 N–H and O–H groups in total. The summed E-state index contributed by atoms with van der Waals surface area (Å²) in [5, 5.41) is 14.5. The van der Waals surface area contributed by atoms with Crippen LogP contribution in [0.4, 0.5) is 14.9 Å². The number of carbonyl (C=O) groups is 1. The van der Waals surface area contributed by atoms with Crippen LogP contribution < -0.4 is 15.4 Å². The van der Waals surface area contributed by atoms with Crippen LogP contribution in [-0.4, -0.2) is 44.5 Å². The van der Waals surface area contributed by atoms with Gasteiger partial charge in [0, 0.05) is 33.8 Å². The summed E-state index contributed by atoms with van der Waals surface area (Å²) in [4.78, 5) is 13.6. The van der Waals surface area contributed by atoms with Crippen LogP contribution in [0.1, 0.15) is 6.42 Å². The van der Waals surface area contributed by atoms with Crippen molar-refractivity contribution in [2.75, 3.05) is 18.4 Å². The van der Waals surface area contributed by atoms with Crippen LogP contribution in [0.25, 0.3) is 0 Å². The molecule has 1 saturated heterocycles. The lowest BCUT2D eigenvalue weighted by Crippen LogP contribution is -2.39. The smallest absolute Gasteiger partial charge is 0.319 e. The minimum Gasteiger partial charge on any atom is -0.336 e. The molecule has 164 valence electrons. The lowest BCUT2D eigenvalue weighted by Gasteiger charge is -2.18. The molecule has 1 aliphatic rings. The summed E-state index contributed by atoms with van der Waals surface area (Å²) in [5.74, 6) is -0.476. The number of urea groups is 1. The minimum atomic E-state index is -3.83. The minimum absolute atomic E-state index is 0.0847. The maximum Gasteiger partial charge on any atom is 0.319 e. The molecule has 12 heteroatoms. The predicted molar refractivity (Wildman–Crippen MR) is 120 cm³/mol. The summed E-state index contributed by atoms with van der Waals surface area (Å²) in [6.07, 6.45) is 2.36. The molecule has 1 heterocycles. The Bertz CT molecular complexity index is 1130. The van der Waals surface area contributed by atoms with Gasteiger partial charge in [0.2, 0.25) is 10.0 Å². The number of hydrogen-bond acceptors (Lipinski definition) is 5. The largest absolute Gasteiger partial charge is 0.336 e. The predicted octanol–water partition coefficient (Wildman–Crippen LogP) is 3.37. The first-order valence-electron chi connectivity index (χ1n) is 9.12. The van der Waals surface area contributed by atoms with Gasteiger partial charge in [-0.1, -0.05) is 22.0 Å². The molecule has 8 nitrogen and oxygen atoms in total. The van der Waals surface area contributed by atoms with E-state index in [1.165, 1.54) is 29.2 Å². The average Bonchev–Trinajstić information content (AvgIpc) is 3.09. The number of hydrogen-bond donors (Lipinski definition) is 3. The topological polar surface area (TPSA) is 114 Å². The molecule has 1 fully saturated rings. The molecule has 0 aliphatic carbocycles. The number of anilines is 1. The molecule has 0 saturated carbocycles. The number of benzene rings is 2. The van der Waals surface area contributed by atoms with Crippen molar-refractivity contribution in [1.82, 2.24) is 14.9 Å². The summed E-state index contributed by atoms with van der Waals surface area (Å²) in [5.41, 5.74) is 0.297. The van der Waals surface area contributed by atoms with E-state index in [2.05, 4.69) is 47.2 Å². The Morgan fingerprint density at radius 3 is 2.74 bits per heavy atom. The maximum atomic E-state index is 13.2. The van der Waals surface area contributed by atoms with Crippen LogP contribution in [0, 0.1) is 17.3 Å². The maximum absolute atomic E-state index is 13.2. The Hall–Kier alpha value is -2.20. The van der Waals surface area contributed by atoms with Crippen LogP contribution >= 0.6 is 31.9 Å². The Morgan fingerprint density at radius 1 is 1.26 bits per heavy atom. The highest BCUT2D eigenvalue weighted by molar-refractivity contribution is 9.11. The second-order valence-corrected chi connectivity index (χ2v) is 10.3. The highest BCUT2D eigenvalue weighted by Crippen LogP contribution is 2.27. The monoisotopic (exact) mass is 573 g/mol. The number of likely N-dealkylation sites (tertiary alicyclic amines) is 1. The van der Waals surface area contributed by atoms with Crippen molar-refractivity contribution in [3.05, 3.63) is 57.2 Å². The molecule has 0 unspecified atom stereocenters. The van der Waals surface area contributed by atoms with Gasteiger partial charge < -0.3 is 15.5 Å². The first-order valence-corrected chi connectivity index (χ1v) is 12.2. The fourth-order valence-electron chi connectivity index (χ4n) is 3.24. The molecule has 0 radical (unpaired) electrons. The van der Waals surface area contributed by atoms with Crippen molar-refractivity contribution < 1.29 is 17.6 Å². The van der Waals surface area contributed by atoms with Crippen LogP contribution in [0.5, 0.6) is 0 Å². The summed E-state index contributed by atoms with van der Waals surface area (Å²) in [6, 6.07) is 8.85. The standard InChI is InChI=1S/C19H18Br2FN5O3S/c20-12-4-5-17(21)18(6-12)31(29,30)26-15-8-16(27(10-15)11-23)9-24-19(28)25-14-3-1-2-13(22)7-14/h1-7,15-16,26H,8-10H2,(H2,24,25,28)/t15-,16-/m1/s1. The van der Waals surface area contributed by atoms with E-state index in [4.69, 9.17) is 0 Å². The summed E-state index contributed by atoms with van der Waals surface area (Å²) in [6.45, 7) is 0.298. The molecule has 2 amide bonds. The molecule has 2 aromatic carbocycles. The van der Waals surface area contributed by atoms with Gasteiger partial charge in [-0.3, -0.25) is 0 Å². The molecule has 2 atom stereocenters. The summed E-state index contributed by atoms with van der Waals surface area (Å²) < 4.78 is 42.5. The van der Waals surface area contributed by atoms with E-state index in [1.807, 2.05) is 6.19 Å². The quantitative estimate of drug-likeness (QED) is 0.458. The second-order valence-electron chi connectivity index (χ2n) is 6.88. The highest BCUT2D eigenvalue weighted by Gasteiger charge is 2.35. The van der Waals surface area contributed by atoms with Gasteiger partial charge in [0.15, 0.2) is 6.19 Å². The third kappa shape index (κ3) is 6.16. The third-order valence-electron chi connectivity index (χ3n) is 4.63. The fourth-order valence-corrected chi connectivity index (χ4v) is 5.98. The van der Waals surface area contributed by atoms with E-state index in [1.54, 1.807) is 18.2 Å². The van der Waals surface area contributed by atoms with Crippen molar-refractivity contribution in [1.29, 1.82) is 5.26 Å². The number of sulfonamides is 1. The van der Waals surface area contributed by atoms with E-state index in [-0.39, 0.29) is 24.0 Å². The zero-order chi connectivity index (χ0) is 22.6. The molecule has 0 spiro atoms. The number of halogens is 3. The number of nitriles is 1. The van der Waals surface area contributed by atoms with E-state index >= 15 is 0 Å². The van der Waals surface area contributed by atoms with Crippen LogP contribution in [-0.2, 0) is 10.0 Å². The summed E-state index contributed by atoms with van der Waals surface area (Å²) in [7, 11) is -3.83. The number of nitrogens with zero attached hydrogens (tertiary/aromatic N) is 2. The van der Waals surface area contributed by atoms with Crippen molar-refractivity contribution >= 4 is 53.6 Å². The molecule has 1 aliphatic heterocycles. The van der Waals surface area contributed by atoms with Gasteiger partial charge in [-0.05, 0) is 58.7 Å². The molecular weight excluding hydrogens is 557 g/mol. The van der Waals surface area contributed by atoms with E-state index in [0.717, 1.165) is 0 Å². The lowest BCUT2D eigenvalue weighted by molar-refractivity contribution is 0.248. The SMILES string of the molecule is N#CN1C[C@H](NS(=O)(=O)c2cc(Br)ccc2Br)C[C@@H]1CNC(=O)Nc1cccc(F)c1. The second kappa shape index (κ2) is 9.95. The average molecular weight is 575 g/mol.